The molecule has 14 rings (SSSR count). The van der Waals surface area contributed by atoms with Crippen LogP contribution in [0.25, 0.3) is 0 Å². The van der Waals surface area contributed by atoms with Gasteiger partial charge in [-0.25, -0.2) is 28.8 Å². The first kappa shape index (κ1) is 72.4. The van der Waals surface area contributed by atoms with Crippen LogP contribution in [0.15, 0.2) is 122 Å². The zero-order valence-electron chi connectivity index (χ0n) is 57.9. The summed E-state index contributed by atoms with van der Waals surface area (Å²) in [5.74, 6) is -2.40. The Morgan fingerprint density at radius 3 is 1.19 bits per heavy atom. The average Bonchev–Trinajstić information content (AvgIpc) is 1.67. The average molecular weight is 1400 g/mol. The smallest absolute Gasteiger partial charge is 0.412 e. The molecule has 3 aromatic heterocycles. The fourth-order valence-corrected chi connectivity index (χ4v) is 14.7. The zero-order valence-corrected chi connectivity index (χ0v) is 58.7. The summed E-state index contributed by atoms with van der Waals surface area (Å²) in [4.78, 5) is 79.7. The van der Waals surface area contributed by atoms with Crippen molar-refractivity contribution in [3.05, 3.63) is 211 Å². The normalized spacial score (nSPS) is 15.0. The second-order valence-corrected chi connectivity index (χ2v) is 27.3. The second-order valence-electron chi connectivity index (χ2n) is 27.3. The fourth-order valence-electron chi connectivity index (χ4n) is 14.7. The summed E-state index contributed by atoms with van der Waals surface area (Å²) in [5, 5.41) is 31.2. The van der Waals surface area contributed by atoms with Crippen LogP contribution in [0, 0.1) is 0 Å². The van der Waals surface area contributed by atoms with Crippen LogP contribution in [0.3, 0.4) is 0 Å². The van der Waals surface area contributed by atoms with Crippen molar-refractivity contribution in [3.8, 4) is 0 Å². The predicted octanol–water partition coefficient (Wildman–Crippen LogP) is 6.71. The SMILES string of the molecule is CN(C)Cc1cnn(C[C@@H](OC(=O)Nc2c3c(cc4c2CCC4)CCC3)C(=O)OCc2ccccc2)c1.C[NH+](C)Cc1cnn(C[C@@H](OC(=O)Nc2c3c(cc4c2CCC4)CCC3)C(=O)O)c1.O=C(Nc1c2c(cc3c1CCC3)CCC2)O[C@H](Cn1cccn1)C(=O)OCc1ccccc1.[Cl-]. The van der Waals surface area contributed by atoms with E-state index in [4.69, 9.17) is 23.7 Å². The van der Waals surface area contributed by atoms with E-state index in [2.05, 4.69) is 49.4 Å². The lowest BCUT2D eigenvalue weighted by atomic mass is 9.99. The number of rotatable bonds is 23. The number of carbonyl (C=O) groups excluding carboxylic acids is 5. The minimum Gasteiger partial charge on any atom is -1.00 e. The highest BCUT2D eigenvalue weighted by Crippen LogP contribution is 2.42. The molecule has 5 N–H and O–H groups in total. The first-order valence-corrected chi connectivity index (χ1v) is 35.0. The summed E-state index contributed by atoms with van der Waals surface area (Å²) in [6, 6.07) is 27.5. The Kier molecular flexibility index (Phi) is 24.4. The van der Waals surface area contributed by atoms with Gasteiger partial charge in [-0.1, -0.05) is 78.9 Å². The molecule has 3 atom stereocenters. The molecule has 3 amide bonds. The van der Waals surface area contributed by atoms with Crippen molar-refractivity contribution in [2.24, 2.45) is 0 Å². The number of carboxylic acid groups (broad SMARTS) is 1. The van der Waals surface area contributed by atoms with E-state index in [1.54, 1.807) is 46.4 Å². The molecule has 24 heteroatoms. The minimum atomic E-state index is -1.31. The van der Waals surface area contributed by atoms with Gasteiger partial charge < -0.3 is 51.0 Å². The number of nitrogens with one attached hydrogen (secondary N) is 4. The van der Waals surface area contributed by atoms with Crippen LogP contribution in [0.5, 0.6) is 0 Å². The lowest BCUT2D eigenvalue weighted by molar-refractivity contribution is -0.872. The lowest BCUT2D eigenvalue weighted by Gasteiger charge is -2.20. The molecule has 101 heavy (non-hydrogen) atoms. The number of hydrogen-bond acceptors (Lipinski definition) is 15. The molecule has 0 fully saturated rings. The number of carbonyl (C=O) groups is 6. The van der Waals surface area contributed by atoms with Crippen molar-refractivity contribution >= 4 is 53.2 Å². The van der Waals surface area contributed by atoms with E-state index in [0.717, 1.165) is 161 Å². The van der Waals surface area contributed by atoms with Crippen LogP contribution in [-0.4, -0.2) is 122 Å². The van der Waals surface area contributed by atoms with E-state index in [1.807, 2.05) is 100.0 Å². The van der Waals surface area contributed by atoms with Crippen LogP contribution in [0.1, 0.15) is 128 Å². The molecule has 0 radical (unpaired) electrons. The van der Waals surface area contributed by atoms with Crippen molar-refractivity contribution in [3.63, 3.8) is 0 Å². The van der Waals surface area contributed by atoms with Crippen LogP contribution in [0.2, 0.25) is 0 Å². The van der Waals surface area contributed by atoms with Gasteiger partial charge in [0.25, 0.3) is 0 Å². The van der Waals surface area contributed by atoms with Crippen molar-refractivity contribution in [1.82, 2.24) is 34.2 Å². The molecule has 3 heterocycles. The zero-order chi connectivity index (χ0) is 69.7. The number of ether oxygens (including phenoxy) is 5. The van der Waals surface area contributed by atoms with Gasteiger partial charge in [0.15, 0.2) is 0 Å². The summed E-state index contributed by atoms with van der Waals surface area (Å²) in [5.41, 5.74) is 21.4. The fraction of sp³-hybridized carbons (Fsp3) is 0.416. The van der Waals surface area contributed by atoms with Gasteiger partial charge in [0, 0.05) is 42.5 Å². The number of hydrogen-bond donors (Lipinski definition) is 5. The van der Waals surface area contributed by atoms with E-state index in [1.165, 1.54) is 76.3 Å². The van der Waals surface area contributed by atoms with Gasteiger partial charge in [0.2, 0.25) is 18.3 Å². The molecule has 23 nitrogen and oxygen atoms in total. The number of nitrogens with zero attached hydrogens (tertiary/aromatic N) is 7. The summed E-state index contributed by atoms with van der Waals surface area (Å²) >= 11 is 0. The minimum absolute atomic E-state index is 0. The number of carboxylic acids is 1. The number of esters is 2. The van der Waals surface area contributed by atoms with Crippen molar-refractivity contribution in [2.45, 2.75) is 180 Å². The monoisotopic (exact) mass is 1400 g/mol. The summed E-state index contributed by atoms with van der Waals surface area (Å²) < 4.78 is 32.3. The van der Waals surface area contributed by atoms with Crippen LogP contribution < -0.4 is 33.3 Å². The predicted molar refractivity (Wildman–Crippen MR) is 374 cm³/mol. The molecule has 5 aromatic carbocycles. The third-order valence-corrected chi connectivity index (χ3v) is 19.1. The number of aryl methyl sites for hydroxylation is 6. The number of aliphatic carboxylic acids is 1. The first-order valence-electron chi connectivity index (χ1n) is 35.0. The molecular formula is C77H90ClN11O12. The maximum atomic E-state index is 13.2. The van der Waals surface area contributed by atoms with Crippen molar-refractivity contribution in [1.29, 1.82) is 0 Å². The number of amides is 3. The van der Waals surface area contributed by atoms with E-state index in [-0.39, 0.29) is 45.3 Å². The molecule has 6 aliphatic rings. The van der Waals surface area contributed by atoms with Gasteiger partial charge in [-0.3, -0.25) is 30.0 Å². The maximum absolute atomic E-state index is 13.2. The number of fused-ring (bicyclic) bond motifs is 6. The van der Waals surface area contributed by atoms with Gasteiger partial charge in [0.05, 0.1) is 63.2 Å². The summed E-state index contributed by atoms with van der Waals surface area (Å²) in [7, 11) is 8.01. The summed E-state index contributed by atoms with van der Waals surface area (Å²) in [6.45, 7) is 1.83. The highest BCUT2D eigenvalue weighted by Gasteiger charge is 2.33. The molecule has 0 saturated heterocycles. The summed E-state index contributed by atoms with van der Waals surface area (Å²) in [6.07, 6.45) is 23.3. The molecule has 0 bridgehead atoms. The van der Waals surface area contributed by atoms with Gasteiger partial charge in [0.1, 0.15) is 19.8 Å². The molecule has 6 aliphatic carbocycles. The molecule has 0 unspecified atom stereocenters. The van der Waals surface area contributed by atoms with Crippen molar-refractivity contribution < 1.29 is 74.9 Å². The van der Waals surface area contributed by atoms with Crippen LogP contribution in [0.4, 0.5) is 31.4 Å². The number of halogens is 1. The molecular weight excluding hydrogens is 1310 g/mol. The van der Waals surface area contributed by atoms with Crippen LogP contribution in [-0.2, 0) is 161 Å². The molecule has 8 aromatic rings. The van der Waals surface area contributed by atoms with Gasteiger partial charge in [-0.2, -0.15) is 15.3 Å². The van der Waals surface area contributed by atoms with E-state index >= 15 is 0 Å². The second kappa shape index (κ2) is 34.0. The number of quaternary nitrogens is 1. The van der Waals surface area contributed by atoms with E-state index in [9.17, 15) is 33.9 Å². The van der Waals surface area contributed by atoms with E-state index < -0.39 is 54.5 Å². The lowest BCUT2D eigenvalue weighted by Crippen LogP contribution is -3.04. The Labute approximate surface area is 594 Å². The van der Waals surface area contributed by atoms with Crippen molar-refractivity contribution in [2.75, 3.05) is 44.1 Å². The Bertz CT molecular complexity index is 4130. The Morgan fingerprint density at radius 1 is 0.475 bits per heavy atom. The van der Waals surface area contributed by atoms with E-state index in [0.29, 0.717) is 6.54 Å². The molecule has 0 aliphatic heterocycles. The van der Waals surface area contributed by atoms with Gasteiger partial charge >= 0.3 is 36.2 Å². The number of benzene rings is 5. The Hall–Kier alpha value is -9.84. The van der Waals surface area contributed by atoms with Gasteiger partial charge in [-0.15, -0.1) is 0 Å². The topological polar surface area (TPSA) is 266 Å². The first-order chi connectivity index (χ1) is 48.5. The highest BCUT2D eigenvalue weighted by molar-refractivity contribution is 5.92. The van der Waals surface area contributed by atoms with Crippen LogP contribution >= 0.6 is 0 Å². The molecule has 0 saturated carbocycles. The molecule has 0 spiro atoms. The largest absolute Gasteiger partial charge is 1.00 e. The third-order valence-electron chi connectivity index (χ3n) is 19.1. The number of aromatic nitrogens is 6. The molecule has 532 valence electrons. The highest BCUT2D eigenvalue weighted by atomic mass is 35.5. The number of anilines is 3. The Morgan fingerprint density at radius 2 is 0.832 bits per heavy atom. The maximum Gasteiger partial charge on any atom is 0.412 e. The quantitative estimate of drug-likeness (QED) is 0.0329. The third kappa shape index (κ3) is 18.8. The Balaban J connectivity index is 0.000000153. The van der Waals surface area contributed by atoms with Gasteiger partial charge in [-0.05, 0) is 214 Å². The standard InChI is InChI=1S/C29H34N4O4.C26H27N3O4.C22H28N4O4.ClH/c1-32(2)16-21-15-30-33(17-21)18-26(28(34)36-19-20-8-4-3-5-9-20)37-29(35)31-27-24-12-6-10-22(24)14-23-11-7-13-25(23)27;30-25(32-17-18-7-2-1-3-8-18)23(16-29-14-6-13-27-29)33-26(31)28-24-21-11-4-9-19(21)15-20-10-5-12-22(20)24;1-25(2)11-14-10-23-26(12-14)13-19(21(27)28)30-22(29)24-20-17-7-3-5-15(17)9-16-6-4-8-18(16)20;/h3-5,8-9,14-15,17,26H,6-7,10-13,16,18-19H2,1-2H3,(H,31,35);1-3,6-8,13-15,23H,4-5,9-12,16-17H2,(H,28,31);9-10,12,19H,3-8,11,13H2,1-2H3,(H,24,29)(H,27,28);1H/t26-;23-;19-;/m111./s1.